The van der Waals surface area contributed by atoms with Crippen molar-refractivity contribution in [2.24, 2.45) is 5.92 Å². The van der Waals surface area contributed by atoms with Gasteiger partial charge in [0.1, 0.15) is 0 Å². The van der Waals surface area contributed by atoms with E-state index in [1.165, 1.54) is 12.0 Å². The number of carbonyl (C=O) groups excluding carboxylic acids is 1. The summed E-state index contributed by atoms with van der Waals surface area (Å²) in [5, 5.41) is 0. The van der Waals surface area contributed by atoms with Gasteiger partial charge in [-0.2, -0.15) is 0 Å². The quantitative estimate of drug-likeness (QED) is 0.749. The molecule has 0 aromatic heterocycles. The van der Waals surface area contributed by atoms with Crippen LogP contribution in [0.2, 0.25) is 0 Å². The Kier molecular flexibility index (Phi) is 6.11. The lowest BCUT2D eigenvalue weighted by Gasteiger charge is -2.44. The highest BCUT2D eigenvalue weighted by Gasteiger charge is 2.33. The fraction of sp³-hybridized carbons (Fsp3) is 0.696. The van der Waals surface area contributed by atoms with Crippen molar-refractivity contribution in [2.45, 2.75) is 38.3 Å². The number of benzene rings is 1. The monoisotopic (exact) mass is 415 g/mol. The van der Waals surface area contributed by atoms with Crippen molar-refractivity contribution in [1.29, 1.82) is 0 Å². The number of hydrogen-bond donors (Lipinski definition) is 0. The van der Waals surface area contributed by atoms with E-state index in [-0.39, 0.29) is 5.92 Å². The maximum absolute atomic E-state index is 12.9. The van der Waals surface area contributed by atoms with Crippen molar-refractivity contribution in [3.05, 3.63) is 23.8 Å². The van der Waals surface area contributed by atoms with Crippen LogP contribution in [0.15, 0.2) is 18.2 Å². The van der Waals surface area contributed by atoms with Gasteiger partial charge in [-0.1, -0.05) is 6.07 Å². The van der Waals surface area contributed by atoms with Crippen LogP contribution in [0.25, 0.3) is 0 Å². The molecule has 4 aliphatic heterocycles. The average molecular weight is 416 g/mol. The lowest BCUT2D eigenvalue weighted by atomic mass is 9.96. The highest BCUT2D eigenvalue weighted by molar-refractivity contribution is 5.79. The molecule has 5 rings (SSSR count). The zero-order valence-corrected chi connectivity index (χ0v) is 17.8. The summed E-state index contributed by atoms with van der Waals surface area (Å²) in [4.78, 5) is 20.2. The van der Waals surface area contributed by atoms with Crippen molar-refractivity contribution >= 4 is 5.91 Å². The van der Waals surface area contributed by atoms with Gasteiger partial charge in [-0.3, -0.25) is 14.6 Å². The molecule has 1 aromatic rings. The Morgan fingerprint density at radius 1 is 0.967 bits per heavy atom. The summed E-state index contributed by atoms with van der Waals surface area (Å²) in [6, 6.07) is 6.77. The summed E-state index contributed by atoms with van der Waals surface area (Å²) in [6.45, 7) is 8.87. The summed E-state index contributed by atoms with van der Waals surface area (Å²) >= 11 is 0. The van der Waals surface area contributed by atoms with Gasteiger partial charge in [0.05, 0.1) is 0 Å². The normalized spacial score (nSPS) is 26.1. The third-order valence-corrected chi connectivity index (χ3v) is 7.05. The molecule has 0 aliphatic carbocycles. The third kappa shape index (κ3) is 4.43. The number of rotatable bonds is 4. The van der Waals surface area contributed by atoms with E-state index in [4.69, 9.17) is 14.2 Å². The van der Waals surface area contributed by atoms with Gasteiger partial charge in [-0.05, 0) is 43.4 Å². The molecule has 1 atom stereocenters. The van der Waals surface area contributed by atoms with Gasteiger partial charge >= 0.3 is 0 Å². The molecule has 0 N–H and O–H groups in total. The Labute approximate surface area is 178 Å². The smallest absolute Gasteiger partial charge is 0.231 e. The fourth-order valence-corrected chi connectivity index (χ4v) is 5.24. The molecule has 164 valence electrons. The van der Waals surface area contributed by atoms with Crippen LogP contribution < -0.4 is 9.47 Å². The van der Waals surface area contributed by atoms with Gasteiger partial charge in [-0.25, -0.2) is 0 Å². The fourth-order valence-electron chi connectivity index (χ4n) is 5.24. The molecule has 7 nitrogen and oxygen atoms in total. The lowest BCUT2D eigenvalue weighted by Crippen LogP contribution is -2.56. The number of hydrogen-bond acceptors (Lipinski definition) is 6. The molecule has 1 amide bonds. The molecule has 0 bridgehead atoms. The highest BCUT2D eigenvalue weighted by atomic mass is 16.7. The van der Waals surface area contributed by atoms with E-state index >= 15 is 0 Å². The number of amides is 1. The second-order valence-corrected chi connectivity index (χ2v) is 8.97. The minimum atomic E-state index is 0.177. The van der Waals surface area contributed by atoms with Crippen LogP contribution >= 0.6 is 0 Å². The molecule has 0 radical (unpaired) electrons. The van der Waals surface area contributed by atoms with E-state index in [2.05, 4.69) is 26.8 Å². The number of ether oxygens (including phenoxy) is 3. The van der Waals surface area contributed by atoms with Crippen LogP contribution in [-0.2, 0) is 16.1 Å². The number of likely N-dealkylation sites (tertiary alicyclic amines) is 1. The predicted octanol–water partition coefficient (Wildman–Crippen LogP) is 1.95. The van der Waals surface area contributed by atoms with E-state index < -0.39 is 0 Å². The second-order valence-electron chi connectivity index (χ2n) is 8.97. The van der Waals surface area contributed by atoms with Crippen LogP contribution in [0.5, 0.6) is 11.5 Å². The van der Waals surface area contributed by atoms with Gasteiger partial charge in [0.2, 0.25) is 12.7 Å². The Morgan fingerprint density at radius 2 is 1.77 bits per heavy atom. The molecular formula is C23H33N3O4. The first kappa shape index (κ1) is 20.1. The summed E-state index contributed by atoms with van der Waals surface area (Å²) < 4.78 is 16.4. The first-order chi connectivity index (χ1) is 14.8. The molecule has 0 unspecified atom stereocenters. The Bertz CT molecular complexity index is 744. The molecule has 3 fully saturated rings. The Hall–Kier alpha value is -1.83. The molecule has 30 heavy (non-hydrogen) atoms. The van der Waals surface area contributed by atoms with Crippen molar-refractivity contribution < 1.29 is 19.0 Å². The first-order valence-electron chi connectivity index (χ1n) is 11.5. The van der Waals surface area contributed by atoms with E-state index in [9.17, 15) is 4.79 Å². The van der Waals surface area contributed by atoms with Crippen LogP contribution in [0.3, 0.4) is 0 Å². The molecular weight excluding hydrogens is 382 g/mol. The number of nitrogens with zero attached hydrogens (tertiary/aromatic N) is 3. The zero-order chi connectivity index (χ0) is 20.3. The van der Waals surface area contributed by atoms with Crippen LogP contribution in [-0.4, -0.2) is 85.9 Å². The van der Waals surface area contributed by atoms with Gasteiger partial charge in [0, 0.05) is 71.0 Å². The van der Waals surface area contributed by atoms with Gasteiger partial charge in [0.15, 0.2) is 11.5 Å². The number of piperidine rings is 1. The van der Waals surface area contributed by atoms with Gasteiger partial charge in [0.25, 0.3) is 0 Å². The molecule has 3 saturated heterocycles. The topological polar surface area (TPSA) is 54.5 Å². The van der Waals surface area contributed by atoms with Crippen LogP contribution in [0, 0.1) is 5.92 Å². The molecule has 7 heteroatoms. The van der Waals surface area contributed by atoms with Crippen molar-refractivity contribution in [2.75, 3.05) is 59.3 Å². The number of carbonyl (C=O) groups is 1. The van der Waals surface area contributed by atoms with Crippen LogP contribution in [0.4, 0.5) is 0 Å². The minimum absolute atomic E-state index is 0.177. The first-order valence-corrected chi connectivity index (χ1v) is 11.5. The van der Waals surface area contributed by atoms with E-state index in [0.29, 0.717) is 18.7 Å². The molecule has 0 saturated carbocycles. The van der Waals surface area contributed by atoms with Gasteiger partial charge in [-0.15, -0.1) is 0 Å². The van der Waals surface area contributed by atoms with E-state index in [1.807, 2.05) is 6.07 Å². The molecule has 1 aromatic carbocycles. The van der Waals surface area contributed by atoms with Crippen molar-refractivity contribution in [3.63, 3.8) is 0 Å². The zero-order valence-electron chi connectivity index (χ0n) is 17.8. The number of fused-ring (bicyclic) bond motifs is 1. The minimum Gasteiger partial charge on any atom is -0.454 e. The highest BCUT2D eigenvalue weighted by Crippen LogP contribution is 2.33. The Balaban J connectivity index is 1.11. The predicted molar refractivity (Wildman–Crippen MR) is 113 cm³/mol. The third-order valence-electron chi connectivity index (χ3n) is 7.05. The second kappa shape index (κ2) is 9.12. The standard InChI is InChI=1S/C23H33N3O4/c27-23(19-5-12-28-13-6-19)26-7-1-2-20(16-26)25-10-8-24(9-11-25)15-18-3-4-21-22(14-18)30-17-29-21/h3-4,14,19-20H,1-2,5-13,15-17H2/t20-/m1/s1. The maximum Gasteiger partial charge on any atom is 0.231 e. The number of piperazine rings is 1. The molecule has 4 aliphatic rings. The summed E-state index contributed by atoms with van der Waals surface area (Å²) in [5.74, 6) is 2.25. The van der Waals surface area contributed by atoms with E-state index in [1.54, 1.807) is 0 Å². The summed E-state index contributed by atoms with van der Waals surface area (Å²) in [5.41, 5.74) is 1.28. The lowest BCUT2D eigenvalue weighted by molar-refractivity contribution is -0.140. The summed E-state index contributed by atoms with van der Waals surface area (Å²) in [7, 11) is 0. The van der Waals surface area contributed by atoms with E-state index in [0.717, 1.165) is 89.8 Å². The molecule has 4 heterocycles. The maximum atomic E-state index is 12.9. The largest absolute Gasteiger partial charge is 0.454 e. The van der Waals surface area contributed by atoms with Crippen molar-refractivity contribution in [1.82, 2.24) is 14.7 Å². The summed E-state index contributed by atoms with van der Waals surface area (Å²) in [6.07, 6.45) is 4.10. The van der Waals surface area contributed by atoms with Crippen LogP contribution in [0.1, 0.15) is 31.2 Å². The average Bonchev–Trinajstić information content (AvgIpc) is 3.28. The Morgan fingerprint density at radius 3 is 2.60 bits per heavy atom. The SMILES string of the molecule is O=C(C1CCOCC1)N1CCC[C@@H](N2CCN(Cc3ccc4c(c3)OCO4)CC2)C1. The molecule has 0 spiro atoms. The van der Waals surface area contributed by atoms with Gasteiger partial charge < -0.3 is 19.1 Å². The van der Waals surface area contributed by atoms with Crippen molar-refractivity contribution in [3.8, 4) is 11.5 Å².